The minimum atomic E-state index is -0.692. The highest BCUT2D eigenvalue weighted by atomic mass is 19.1. The maximum Gasteiger partial charge on any atom is 0.130 e. The van der Waals surface area contributed by atoms with Gasteiger partial charge in [-0.3, -0.25) is 0 Å². The van der Waals surface area contributed by atoms with Crippen molar-refractivity contribution in [2.24, 2.45) is 0 Å². The quantitative estimate of drug-likeness (QED) is 0.888. The highest BCUT2D eigenvalue weighted by Gasteiger charge is 2.41. The largest absolute Gasteiger partial charge is 0.375 e. The molecule has 1 aromatic carbocycles. The second kappa shape index (κ2) is 4.82. The summed E-state index contributed by atoms with van der Waals surface area (Å²) >= 11 is 0. The van der Waals surface area contributed by atoms with Gasteiger partial charge in [-0.1, -0.05) is 0 Å². The van der Waals surface area contributed by atoms with Crippen LogP contribution in [0.2, 0.25) is 0 Å². The molecule has 1 saturated heterocycles. The number of aryl methyl sites for hydroxylation is 1. The molecule has 1 atom stereocenters. The molecule has 1 N–H and O–H groups in total. The molecule has 0 bridgehead atoms. The summed E-state index contributed by atoms with van der Waals surface area (Å²) in [5.74, 6) is -0.290. The predicted molar refractivity (Wildman–Crippen MR) is 72.4 cm³/mol. The Kier molecular flexibility index (Phi) is 3.51. The number of rotatable bonds is 2. The van der Waals surface area contributed by atoms with Crippen LogP contribution >= 0.6 is 0 Å². The molecule has 102 valence electrons. The normalized spacial score (nSPS) is 25.6. The Hall–Kier alpha value is -1.60. The minimum absolute atomic E-state index is 0.290. The van der Waals surface area contributed by atoms with E-state index in [-0.39, 0.29) is 11.4 Å². The van der Waals surface area contributed by atoms with Crippen molar-refractivity contribution in [3.8, 4) is 6.07 Å². The van der Waals surface area contributed by atoms with Crippen molar-refractivity contribution in [1.82, 2.24) is 0 Å². The van der Waals surface area contributed by atoms with Gasteiger partial charge in [0.15, 0.2) is 0 Å². The molecule has 2 rings (SSSR count). The SMILES string of the molecule is Cc1cc(F)cc(NC2(C#N)CCOC(C)(C)C2)c1. The van der Waals surface area contributed by atoms with E-state index >= 15 is 0 Å². The third kappa shape index (κ3) is 3.24. The number of benzene rings is 1. The summed E-state index contributed by atoms with van der Waals surface area (Å²) < 4.78 is 19.1. The molecule has 1 aliphatic heterocycles. The minimum Gasteiger partial charge on any atom is -0.375 e. The first kappa shape index (κ1) is 13.8. The van der Waals surface area contributed by atoms with Gasteiger partial charge >= 0.3 is 0 Å². The maximum atomic E-state index is 13.4. The molecule has 1 fully saturated rings. The third-order valence-electron chi connectivity index (χ3n) is 3.39. The zero-order chi connectivity index (χ0) is 14.1. The Labute approximate surface area is 113 Å². The lowest BCUT2D eigenvalue weighted by Gasteiger charge is -2.41. The van der Waals surface area contributed by atoms with Gasteiger partial charge in [-0.05, 0) is 44.5 Å². The molecule has 3 nitrogen and oxygen atoms in total. The van der Waals surface area contributed by atoms with Crippen LogP contribution in [0.15, 0.2) is 18.2 Å². The van der Waals surface area contributed by atoms with Crippen LogP contribution in [0.3, 0.4) is 0 Å². The van der Waals surface area contributed by atoms with E-state index in [0.29, 0.717) is 25.1 Å². The lowest BCUT2D eigenvalue weighted by atomic mass is 9.82. The summed E-state index contributed by atoms with van der Waals surface area (Å²) in [6, 6.07) is 7.09. The number of hydrogen-bond donors (Lipinski definition) is 1. The number of halogens is 1. The summed E-state index contributed by atoms with van der Waals surface area (Å²) in [5.41, 5.74) is 0.448. The topological polar surface area (TPSA) is 45.0 Å². The van der Waals surface area contributed by atoms with Crippen molar-refractivity contribution in [3.05, 3.63) is 29.6 Å². The lowest BCUT2D eigenvalue weighted by Crippen LogP contribution is -2.49. The first-order chi connectivity index (χ1) is 8.84. The van der Waals surface area contributed by atoms with Gasteiger partial charge in [0.2, 0.25) is 0 Å². The van der Waals surface area contributed by atoms with Crippen LogP contribution in [-0.2, 0) is 4.74 Å². The average Bonchev–Trinajstić information content (AvgIpc) is 2.26. The number of nitriles is 1. The first-order valence-corrected chi connectivity index (χ1v) is 6.45. The van der Waals surface area contributed by atoms with Gasteiger partial charge in [0.05, 0.1) is 18.3 Å². The van der Waals surface area contributed by atoms with Gasteiger partial charge in [-0.25, -0.2) is 4.39 Å². The van der Waals surface area contributed by atoms with Crippen molar-refractivity contribution < 1.29 is 9.13 Å². The Balaban J connectivity index is 2.26. The molecule has 19 heavy (non-hydrogen) atoms. The first-order valence-electron chi connectivity index (χ1n) is 6.45. The van der Waals surface area contributed by atoms with Gasteiger partial charge in [-0.15, -0.1) is 0 Å². The Morgan fingerprint density at radius 3 is 2.68 bits per heavy atom. The van der Waals surface area contributed by atoms with Crippen molar-refractivity contribution >= 4 is 5.69 Å². The van der Waals surface area contributed by atoms with E-state index in [4.69, 9.17) is 4.74 Å². The molecule has 1 heterocycles. The number of hydrogen-bond acceptors (Lipinski definition) is 3. The van der Waals surface area contributed by atoms with Gasteiger partial charge in [0.25, 0.3) is 0 Å². The standard InChI is InChI=1S/C15H19FN2O/c1-11-6-12(16)8-13(7-11)18-15(10-17)4-5-19-14(2,3)9-15/h6-8,18H,4-5,9H2,1-3H3. The Morgan fingerprint density at radius 1 is 1.37 bits per heavy atom. The van der Waals surface area contributed by atoms with Crippen LogP contribution in [0.1, 0.15) is 32.3 Å². The Morgan fingerprint density at radius 2 is 2.11 bits per heavy atom. The fourth-order valence-corrected chi connectivity index (χ4v) is 2.68. The van der Waals surface area contributed by atoms with Crippen LogP contribution in [0, 0.1) is 24.1 Å². The van der Waals surface area contributed by atoms with Crippen LogP contribution in [0.5, 0.6) is 0 Å². The monoisotopic (exact) mass is 262 g/mol. The molecule has 0 saturated carbocycles. The molecular formula is C15H19FN2O. The van der Waals surface area contributed by atoms with Crippen molar-refractivity contribution in [1.29, 1.82) is 5.26 Å². The smallest absolute Gasteiger partial charge is 0.130 e. The second-order valence-electron chi connectivity index (χ2n) is 5.87. The van der Waals surface area contributed by atoms with E-state index < -0.39 is 5.54 Å². The van der Waals surface area contributed by atoms with Crippen LogP contribution in [0.4, 0.5) is 10.1 Å². The van der Waals surface area contributed by atoms with E-state index in [1.165, 1.54) is 12.1 Å². The fraction of sp³-hybridized carbons (Fsp3) is 0.533. The van der Waals surface area contributed by atoms with E-state index in [2.05, 4.69) is 11.4 Å². The molecule has 1 aromatic rings. The molecular weight excluding hydrogens is 243 g/mol. The molecule has 4 heteroatoms. The van der Waals surface area contributed by atoms with Gasteiger partial charge < -0.3 is 10.1 Å². The van der Waals surface area contributed by atoms with Crippen LogP contribution < -0.4 is 5.32 Å². The van der Waals surface area contributed by atoms with Crippen molar-refractivity contribution in [3.63, 3.8) is 0 Å². The predicted octanol–water partition coefficient (Wildman–Crippen LogP) is 3.40. The summed E-state index contributed by atoms with van der Waals surface area (Å²) in [6.45, 7) is 6.30. The molecule has 1 unspecified atom stereocenters. The van der Waals surface area contributed by atoms with E-state index in [9.17, 15) is 9.65 Å². The molecule has 0 aliphatic carbocycles. The molecule has 0 radical (unpaired) electrons. The van der Waals surface area contributed by atoms with E-state index in [0.717, 1.165) is 5.56 Å². The second-order valence-corrected chi connectivity index (χ2v) is 5.87. The molecule has 0 amide bonds. The van der Waals surface area contributed by atoms with E-state index in [1.807, 2.05) is 26.8 Å². The summed E-state index contributed by atoms with van der Waals surface area (Å²) in [4.78, 5) is 0. The molecule has 0 aromatic heterocycles. The average molecular weight is 262 g/mol. The Bertz CT molecular complexity index is 501. The summed E-state index contributed by atoms with van der Waals surface area (Å²) in [7, 11) is 0. The zero-order valence-electron chi connectivity index (χ0n) is 11.6. The summed E-state index contributed by atoms with van der Waals surface area (Å²) in [6.07, 6.45) is 1.18. The highest BCUT2D eigenvalue weighted by molar-refractivity contribution is 5.50. The van der Waals surface area contributed by atoms with Crippen molar-refractivity contribution in [2.45, 2.75) is 44.8 Å². The maximum absolute atomic E-state index is 13.4. The third-order valence-corrected chi connectivity index (χ3v) is 3.39. The molecule has 0 spiro atoms. The van der Waals surface area contributed by atoms with E-state index in [1.54, 1.807) is 0 Å². The van der Waals surface area contributed by atoms with Gasteiger partial charge in [0, 0.05) is 18.5 Å². The van der Waals surface area contributed by atoms with Crippen LogP contribution in [-0.4, -0.2) is 17.7 Å². The number of ether oxygens (including phenoxy) is 1. The molecule has 1 aliphatic rings. The number of nitrogens with zero attached hydrogens (tertiary/aromatic N) is 1. The van der Waals surface area contributed by atoms with Gasteiger partial charge in [0.1, 0.15) is 11.4 Å². The van der Waals surface area contributed by atoms with Gasteiger partial charge in [-0.2, -0.15) is 5.26 Å². The van der Waals surface area contributed by atoms with Crippen LogP contribution in [0.25, 0.3) is 0 Å². The zero-order valence-corrected chi connectivity index (χ0v) is 11.6. The summed E-state index contributed by atoms with van der Waals surface area (Å²) in [5, 5.41) is 12.7. The number of nitrogens with one attached hydrogen (secondary N) is 1. The fourth-order valence-electron chi connectivity index (χ4n) is 2.68. The number of anilines is 1. The van der Waals surface area contributed by atoms with Crippen molar-refractivity contribution in [2.75, 3.05) is 11.9 Å². The highest BCUT2D eigenvalue weighted by Crippen LogP contribution is 2.34. The lowest BCUT2D eigenvalue weighted by molar-refractivity contribution is -0.0659.